The molecule has 0 saturated heterocycles. The summed E-state index contributed by atoms with van der Waals surface area (Å²) in [7, 11) is 0. The molecule has 0 amide bonds. The third-order valence-corrected chi connectivity index (χ3v) is 38.7. The van der Waals surface area contributed by atoms with E-state index >= 15 is 0 Å². The lowest BCUT2D eigenvalue weighted by molar-refractivity contribution is -0.0399. The lowest BCUT2D eigenvalue weighted by Crippen LogP contribution is -2.55. The molecule has 2 spiro atoms. The summed E-state index contributed by atoms with van der Waals surface area (Å²) in [5.74, 6) is 6.87. The molecule has 143 heavy (non-hydrogen) atoms. The van der Waals surface area contributed by atoms with Crippen LogP contribution in [0, 0.1) is 47.3 Å². The summed E-state index contributed by atoms with van der Waals surface area (Å²) in [6.07, 6.45) is 14.3. The fraction of sp³-hybridized carbons (Fsp3) is 0.145. The van der Waals surface area contributed by atoms with Gasteiger partial charge in [0.1, 0.15) is 0 Å². The number of fused-ring (bicyclic) bond motifs is 22. The van der Waals surface area contributed by atoms with Crippen LogP contribution in [-0.2, 0) is 10.8 Å². The van der Waals surface area contributed by atoms with E-state index in [1.54, 1.807) is 22.3 Å². The van der Waals surface area contributed by atoms with Gasteiger partial charge in [0.2, 0.25) is 0 Å². The van der Waals surface area contributed by atoms with Crippen LogP contribution in [-0.4, -0.2) is 13.7 Å². The smallest absolute Gasteiger partial charge is 0.0640 e. The first kappa shape index (κ1) is 81.2. The summed E-state index contributed by atoms with van der Waals surface area (Å²) >= 11 is 3.76. The third kappa shape index (κ3) is 11.9. The van der Waals surface area contributed by atoms with Crippen molar-refractivity contribution in [3.8, 4) is 117 Å². The van der Waals surface area contributed by atoms with Gasteiger partial charge in [-0.2, -0.15) is 0 Å². The van der Waals surface area contributed by atoms with Gasteiger partial charge in [0, 0.05) is 90.2 Å². The van der Waals surface area contributed by atoms with Crippen molar-refractivity contribution in [2.75, 3.05) is 0 Å². The van der Waals surface area contributed by atoms with Gasteiger partial charge in [-0.25, -0.2) is 0 Å². The molecule has 20 aromatic carbocycles. The second-order valence-corrected chi connectivity index (χ2v) is 45.4. The van der Waals surface area contributed by atoms with Gasteiger partial charge in [0.05, 0.1) is 43.5 Å². The van der Waals surface area contributed by atoms with Crippen molar-refractivity contribution in [1.29, 1.82) is 0 Å². The molecular weight excluding hydrogens is 1760 g/mol. The maximum Gasteiger partial charge on any atom is 0.0640 e. The molecule has 8 saturated carbocycles. The summed E-state index contributed by atoms with van der Waals surface area (Å²) in [5.41, 5.74) is 41.3. The van der Waals surface area contributed by atoms with Crippen LogP contribution in [0.5, 0.6) is 0 Å². The zero-order valence-electron chi connectivity index (χ0n) is 79.3. The zero-order chi connectivity index (χ0) is 93.2. The number of rotatable bonds is 10. The molecule has 5 heterocycles. The van der Waals surface area contributed by atoms with Crippen molar-refractivity contribution < 1.29 is 0 Å². The molecule has 5 aromatic heterocycles. The van der Waals surface area contributed by atoms with Gasteiger partial charge in [-0.15, -0.1) is 22.7 Å². The number of aromatic nitrogens is 3. The van der Waals surface area contributed by atoms with E-state index in [-0.39, 0.29) is 10.8 Å². The molecule has 10 aliphatic rings. The molecule has 35 rings (SSSR count). The summed E-state index contributed by atoms with van der Waals surface area (Å²) in [5, 5.41) is 15.5. The van der Waals surface area contributed by atoms with E-state index in [2.05, 4.69) is 444 Å². The first-order chi connectivity index (χ1) is 70.8. The van der Waals surface area contributed by atoms with Crippen LogP contribution in [0.1, 0.15) is 86.5 Å². The van der Waals surface area contributed by atoms with Crippen LogP contribution in [0.15, 0.2) is 431 Å². The Kier molecular flexibility index (Phi) is 17.6. The van der Waals surface area contributed by atoms with Crippen molar-refractivity contribution in [3.05, 3.63) is 453 Å². The highest BCUT2D eigenvalue weighted by Crippen LogP contribution is 2.72. The van der Waals surface area contributed by atoms with E-state index in [9.17, 15) is 0 Å². The Morgan fingerprint density at radius 3 is 1.10 bits per heavy atom. The maximum absolute atomic E-state index is 2.61. The Hall–Kier alpha value is -15.5. The molecule has 8 bridgehead atoms. The van der Waals surface area contributed by atoms with Gasteiger partial charge in [-0.3, -0.25) is 0 Å². The van der Waals surface area contributed by atoms with Crippen LogP contribution in [0.3, 0.4) is 0 Å². The Morgan fingerprint density at radius 2 is 0.524 bits per heavy atom. The molecule has 0 aliphatic heterocycles. The molecule has 0 atom stereocenters. The fourth-order valence-electron chi connectivity index (χ4n) is 30.9. The minimum absolute atomic E-state index is 0.184. The first-order valence-corrected chi connectivity index (χ1v) is 53.8. The van der Waals surface area contributed by atoms with Gasteiger partial charge in [0.15, 0.2) is 0 Å². The van der Waals surface area contributed by atoms with Crippen LogP contribution in [0.25, 0.3) is 234 Å². The summed E-state index contributed by atoms with van der Waals surface area (Å²) < 4.78 is 12.7. The normalized spacial score (nSPS) is 20.8. The minimum atomic E-state index is 0.184. The van der Waals surface area contributed by atoms with Crippen molar-refractivity contribution in [3.63, 3.8) is 0 Å². The van der Waals surface area contributed by atoms with Crippen molar-refractivity contribution in [1.82, 2.24) is 13.7 Å². The van der Waals surface area contributed by atoms with Crippen molar-refractivity contribution >= 4 is 139 Å². The number of para-hydroxylation sites is 3. The average Bonchev–Trinajstić information content (AvgIpc) is 1.52. The maximum atomic E-state index is 2.61. The summed E-state index contributed by atoms with van der Waals surface area (Å²) in [6, 6.07) is 164. The number of hydrogen-bond donors (Lipinski definition) is 0. The summed E-state index contributed by atoms with van der Waals surface area (Å²) in [6.45, 7) is 0. The molecule has 25 aromatic rings. The van der Waals surface area contributed by atoms with Gasteiger partial charge in [0.25, 0.3) is 0 Å². The Balaban J connectivity index is 0.000000130. The molecule has 8 fully saturated rings. The van der Waals surface area contributed by atoms with Crippen LogP contribution in [0.2, 0.25) is 0 Å². The van der Waals surface area contributed by atoms with Crippen LogP contribution >= 0.6 is 22.7 Å². The lowest BCUT2D eigenvalue weighted by Gasteiger charge is -2.61. The van der Waals surface area contributed by atoms with Gasteiger partial charge < -0.3 is 13.7 Å². The van der Waals surface area contributed by atoms with E-state index in [4.69, 9.17) is 0 Å². The lowest BCUT2D eigenvalue weighted by atomic mass is 9.43. The van der Waals surface area contributed by atoms with E-state index in [1.165, 1.54) is 292 Å². The van der Waals surface area contributed by atoms with Crippen LogP contribution in [0.4, 0.5) is 0 Å². The molecule has 0 radical (unpaired) electrons. The molecule has 0 N–H and O–H groups in total. The fourth-order valence-corrected chi connectivity index (χ4v) is 33.2. The Bertz CT molecular complexity index is 9660. The molecule has 0 unspecified atom stereocenters. The van der Waals surface area contributed by atoms with Crippen molar-refractivity contribution in [2.45, 2.75) is 75.0 Å². The van der Waals surface area contributed by atoms with Gasteiger partial charge in [-0.1, -0.05) is 303 Å². The number of benzene rings is 20. The van der Waals surface area contributed by atoms with Gasteiger partial charge in [-0.05, 0) is 372 Å². The Labute approximate surface area is 838 Å². The predicted molar refractivity (Wildman–Crippen MR) is 604 cm³/mol. The molecule has 5 heteroatoms. The predicted octanol–water partition coefficient (Wildman–Crippen LogP) is 37.7. The molecule has 3 nitrogen and oxygen atoms in total. The second-order valence-electron chi connectivity index (χ2n) is 43.2. The monoisotopic (exact) mass is 1860 g/mol. The number of nitrogens with zero attached hydrogens (tertiary/aromatic N) is 3. The quantitative estimate of drug-likeness (QED) is 0.130. The van der Waals surface area contributed by atoms with E-state index in [0.29, 0.717) is 0 Å². The molecule has 10 aliphatic carbocycles. The van der Waals surface area contributed by atoms with Gasteiger partial charge >= 0.3 is 0 Å². The summed E-state index contributed by atoms with van der Waals surface area (Å²) in [4.78, 5) is 0. The third-order valence-electron chi connectivity index (χ3n) is 36.3. The Morgan fingerprint density at radius 1 is 0.175 bits per heavy atom. The highest BCUT2D eigenvalue weighted by molar-refractivity contribution is 7.26. The first-order valence-electron chi connectivity index (χ1n) is 52.1. The van der Waals surface area contributed by atoms with E-state index in [0.717, 1.165) is 53.0 Å². The highest BCUT2D eigenvalue weighted by atomic mass is 32.1. The van der Waals surface area contributed by atoms with Crippen LogP contribution < -0.4 is 0 Å². The number of hydrogen-bond acceptors (Lipinski definition) is 2. The van der Waals surface area contributed by atoms with Crippen molar-refractivity contribution in [2.24, 2.45) is 47.3 Å². The molecular formula is C138H99N3S2. The van der Waals surface area contributed by atoms with E-state index in [1.807, 2.05) is 22.7 Å². The highest BCUT2D eigenvalue weighted by Gasteiger charge is 2.63. The SMILES string of the molecule is c1cc(-c2ccc(-c3ccc4c(c3)C3(c5ccccc5-4)C4CC5CC(C4)CC3C5)cc2)cc(-c2ccc(-n3c4ccccc4c4cc(-c5ccc6sc7ccccc7c6c5)ccc43)cc2)c1.c1cc(-c2cccc3c(-c4ccc5c(c4)-c4ccccc4C54C5CC6CC(C5)CC4C6)cccc23)cc(-n2c3ccccc3c3cc(-c4ccc5c(c4)c4ccccc4n5-c4cccc5c4sc4ccccc45)ccc32)c1. The number of thiophene rings is 2. The largest absolute Gasteiger partial charge is 0.309 e. The van der Waals surface area contributed by atoms with E-state index < -0.39 is 0 Å². The second kappa shape index (κ2) is 31.0. The topological polar surface area (TPSA) is 14.8 Å². The standard InChI is InChI=1S/C74H52N2S.C64H47NS/c1-5-24-65-57(15-1)62-43-49(29-32-66(62)74(65)50-36-44-35-45(38-50)39-51(74)37-44)54-20-11-21-55-53(19-10-22-56(54)55)48-13-9-14-52(40-48)75-67-25-6-2-16-58(67)63-41-46(30-33-69(63)75)47-31-34-70-64(42-47)59-17-3-7-26-68(59)76(70)71-27-12-23-61-60-18-4-8-28-72(60)77-73(61)71;1-4-13-58-52(10-1)53-27-22-48(38-59(53)64(58)49-31-39-30-40(33-49)34-50(64)32-39)42-18-16-41(17-19-42)44-8-7-9-45(35-44)43-20-25-51(26-21-43)65-60-14-5-2-11-54(60)56-36-46(23-28-61(56)65)47-24-29-63-57(37-47)55-12-3-6-15-62(55)66-63/h1-34,40-45,50-51H,35-39H2;1-29,35-40,49-50H,30-34H2. The average molecular weight is 1860 g/mol. The zero-order valence-corrected chi connectivity index (χ0v) is 81.0. The minimum Gasteiger partial charge on any atom is -0.309 e. The molecule has 678 valence electrons.